The summed E-state index contributed by atoms with van der Waals surface area (Å²) in [5.74, 6) is 0. The van der Waals surface area contributed by atoms with Crippen LogP contribution in [0.5, 0.6) is 0 Å². The van der Waals surface area contributed by atoms with E-state index in [1.165, 1.54) is 88.7 Å². The summed E-state index contributed by atoms with van der Waals surface area (Å²) in [5.41, 5.74) is 17.3. The van der Waals surface area contributed by atoms with Crippen molar-refractivity contribution in [1.82, 2.24) is 0 Å². The molecule has 2 nitrogen and oxygen atoms in total. The molecule has 53 heavy (non-hydrogen) atoms. The van der Waals surface area contributed by atoms with Crippen LogP contribution in [0, 0.1) is 41.5 Å². The van der Waals surface area contributed by atoms with Crippen LogP contribution in [0.2, 0.25) is 0 Å². The molecule has 0 saturated carbocycles. The number of anilines is 5. The quantitative estimate of drug-likeness (QED) is 0.157. The predicted molar refractivity (Wildman–Crippen MR) is 229 cm³/mol. The molecule has 0 radical (unpaired) electrons. The highest BCUT2D eigenvalue weighted by Crippen LogP contribution is 2.46. The molecular formula is C51H46N2. The Morgan fingerprint density at radius 2 is 0.717 bits per heavy atom. The second kappa shape index (κ2) is 14.1. The molecule has 0 N–H and O–H groups in total. The number of fused-ring (bicyclic) bond motifs is 2. The van der Waals surface area contributed by atoms with E-state index < -0.39 is 0 Å². The molecule has 0 bridgehead atoms. The first-order chi connectivity index (χ1) is 25.7. The van der Waals surface area contributed by atoms with Crippen molar-refractivity contribution in [3.05, 3.63) is 197 Å². The molecule has 0 atom stereocenters. The average molecular weight is 687 g/mol. The Kier molecular flexibility index (Phi) is 9.06. The molecule has 0 saturated heterocycles. The predicted octanol–water partition coefficient (Wildman–Crippen LogP) is 14.3. The van der Waals surface area contributed by atoms with Gasteiger partial charge >= 0.3 is 0 Å². The molecule has 0 unspecified atom stereocenters. The molecule has 0 heterocycles. The van der Waals surface area contributed by atoms with Crippen molar-refractivity contribution < 1.29 is 0 Å². The summed E-state index contributed by atoms with van der Waals surface area (Å²) in [5, 5.41) is 5.04. The van der Waals surface area contributed by atoms with Gasteiger partial charge in [-0.25, -0.2) is 0 Å². The van der Waals surface area contributed by atoms with Crippen LogP contribution in [0.15, 0.2) is 158 Å². The van der Waals surface area contributed by atoms with Gasteiger partial charge in [0.1, 0.15) is 0 Å². The van der Waals surface area contributed by atoms with Crippen LogP contribution in [0.4, 0.5) is 28.4 Å². The van der Waals surface area contributed by atoms with Gasteiger partial charge in [0.25, 0.3) is 0 Å². The molecule has 0 amide bonds. The summed E-state index contributed by atoms with van der Waals surface area (Å²) < 4.78 is 0. The van der Waals surface area contributed by atoms with Crippen molar-refractivity contribution in [2.75, 3.05) is 9.80 Å². The number of rotatable bonds is 8. The lowest BCUT2D eigenvalue weighted by molar-refractivity contribution is 0.972. The smallest absolute Gasteiger partial charge is 0.0569 e. The van der Waals surface area contributed by atoms with Crippen LogP contribution in [-0.2, 0) is 6.54 Å². The molecule has 8 rings (SSSR count). The van der Waals surface area contributed by atoms with Crippen LogP contribution < -0.4 is 9.80 Å². The fourth-order valence-electron chi connectivity index (χ4n) is 7.76. The van der Waals surface area contributed by atoms with Crippen molar-refractivity contribution >= 4 is 50.0 Å². The summed E-state index contributed by atoms with van der Waals surface area (Å²) in [6, 6.07) is 58.4. The van der Waals surface area contributed by atoms with E-state index in [-0.39, 0.29) is 0 Å². The van der Waals surface area contributed by atoms with Crippen molar-refractivity contribution in [3.63, 3.8) is 0 Å². The molecule has 0 fully saturated rings. The van der Waals surface area contributed by atoms with Crippen molar-refractivity contribution in [2.45, 2.75) is 48.1 Å². The van der Waals surface area contributed by atoms with E-state index in [0.717, 1.165) is 17.9 Å². The molecule has 2 heteroatoms. The summed E-state index contributed by atoms with van der Waals surface area (Å²) in [4.78, 5) is 4.88. The maximum Gasteiger partial charge on any atom is 0.0569 e. The molecule has 260 valence electrons. The lowest BCUT2D eigenvalue weighted by atomic mass is 9.87. The van der Waals surface area contributed by atoms with E-state index in [0.29, 0.717) is 0 Å². The van der Waals surface area contributed by atoms with Crippen LogP contribution >= 0.6 is 0 Å². The third-order valence-electron chi connectivity index (χ3n) is 10.7. The minimum atomic E-state index is 0.763. The van der Waals surface area contributed by atoms with Crippen LogP contribution in [0.1, 0.15) is 38.9 Å². The van der Waals surface area contributed by atoms with Gasteiger partial charge in [-0.05, 0) is 140 Å². The minimum Gasteiger partial charge on any atom is -0.337 e. The third kappa shape index (κ3) is 6.58. The van der Waals surface area contributed by atoms with E-state index in [2.05, 4.69) is 209 Å². The zero-order valence-corrected chi connectivity index (χ0v) is 31.6. The number of hydrogen-bond donors (Lipinski definition) is 0. The van der Waals surface area contributed by atoms with Crippen LogP contribution in [-0.4, -0.2) is 0 Å². The number of benzene rings is 8. The summed E-state index contributed by atoms with van der Waals surface area (Å²) in [6.45, 7) is 13.9. The van der Waals surface area contributed by atoms with E-state index in [4.69, 9.17) is 0 Å². The first-order valence-corrected chi connectivity index (χ1v) is 18.6. The molecule has 0 spiro atoms. The van der Waals surface area contributed by atoms with Gasteiger partial charge < -0.3 is 9.80 Å². The van der Waals surface area contributed by atoms with Crippen molar-refractivity contribution in [1.29, 1.82) is 0 Å². The summed E-state index contributed by atoms with van der Waals surface area (Å²) in [7, 11) is 0. The lowest BCUT2D eigenvalue weighted by Crippen LogP contribution is -2.17. The first-order valence-electron chi connectivity index (χ1n) is 18.6. The number of nitrogens with zero attached hydrogens (tertiary/aromatic N) is 2. The van der Waals surface area contributed by atoms with Gasteiger partial charge in [0.15, 0.2) is 0 Å². The molecule has 0 aliphatic heterocycles. The highest BCUT2D eigenvalue weighted by Gasteiger charge is 2.22. The van der Waals surface area contributed by atoms with Gasteiger partial charge in [0.05, 0.1) is 5.69 Å². The van der Waals surface area contributed by atoms with E-state index in [1.54, 1.807) is 0 Å². The lowest BCUT2D eigenvalue weighted by Gasteiger charge is -2.30. The summed E-state index contributed by atoms with van der Waals surface area (Å²) >= 11 is 0. The first kappa shape index (κ1) is 34.0. The standard InChI is InChI=1S/C51H46N2/c1-34-15-23-40(24-16-34)52(41-25-17-35(2)18-26-41)33-50-38(5)31-48(44-11-7-8-12-45(44)50)49-32-39(6)51(47-14-10-9-13-46(47)49)53(42-27-19-36(3)20-28-42)43-29-21-37(4)22-30-43/h7-32H,33H2,1-6H3. The Balaban J connectivity index is 1.31. The zero-order valence-electron chi connectivity index (χ0n) is 31.6. The van der Waals surface area contributed by atoms with Gasteiger partial charge in [-0.2, -0.15) is 0 Å². The fraction of sp³-hybridized carbons (Fsp3) is 0.137. The zero-order chi connectivity index (χ0) is 36.6. The second-order valence-corrected chi connectivity index (χ2v) is 14.7. The van der Waals surface area contributed by atoms with Crippen molar-refractivity contribution in [2.24, 2.45) is 0 Å². The average Bonchev–Trinajstić information content (AvgIpc) is 3.17. The Morgan fingerprint density at radius 1 is 0.358 bits per heavy atom. The molecule has 8 aromatic rings. The molecule has 0 aliphatic rings. The molecule has 0 aliphatic carbocycles. The third-order valence-corrected chi connectivity index (χ3v) is 10.7. The SMILES string of the molecule is Cc1ccc(N(Cc2c(C)cc(-c3cc(C)c(N(c4ccc(C)cc4)c4ccc(C)cc4)c4ccccc34)c3ccccc23)c2ccc(C)cc2)cc1. The highest BCUT2D eigenvalue weighted by atomic mass is 15.1. The van der Waals surface area contributed by atoms with E-state index in [9.17, 15) is 0 Å². The maximum absolute atomic E-state index is 2.45. The number of aryl methyl sites for hydroxylation is 6. The highest BCUT2D eigenvalue weighted by molar-refractivity contribution is 6.12. The van der Waals surface area contributed by atoms with Gasteiger partial charge in [-0.15, -0.1) is 0 Å². The van der Waals surface area contributed by atoms with E-state index >= 15 is 0 Å². The molecule has 8 aromatic carbocycles. The largest absolute Gasteiger partial charge is 0.337 e. The Morgan fingerprint density at radius 3 is 1.17 bits per heavy atom. The van der Waals surface area contributed by atoms with E-state index in [1.807, 2.05) is 0 Å². The number of hydrogen-bond acceptors (Lipinski definition) is 2. The van der Waals surface area contributed by atoms with Gasteiger partial charge in [0, 0.05) is 34.7 Å². The Labute approximate surface area is 314 Å². The van der Waals surface area contributed by atoms with Crippen molar-refractivity contribution in [3.8, 4) is 11.1 Å². The normalized spacial score (nSPS) is 11.3. The van der Waals surface area contributed by atoms with Gasteiger partial charge in [-0.3, -0.25) is 0 Å². The second-order valence-electron chi connectivity index (χ2n) is 14.7. The van der Waals surface area contributed by atoms with Crippen LogP contribution in [0.25, 0.3) is 32.7 Å². The topological polar surface area (TPSA) is 6.48 Å². The minimum absolute atomic E-state index is 0.763. The molecular weight excluding hydrogens is 641 g/mol. The maximum atomic E-state index is 2.45. The molecule has 0 aromatic heterocycles. The fourth-order valence-corrected chi connectivity index (χ4v) is 7.76. The van der Waals surface area contributed by atoms with Gasteiger partial charge in [-0.1, -0.05) is 125 Å². The monoisotopic (exact) mass is 686 g/mol. The van der Waals surface area contributed by atoms with Crippen LogP contribution in [0.3, 0.4) is 0 Å². The summed E-state index contributed by atoms with van der Waals surface area (Å²) in [6.07, 6.45) is 0. The Hall–Kier alpha value is -6.12. The van der Waals surface area contributed by atoms with Gasteiger partial charge in [0.2, 0.25) is 0 Å². The Bertz CT molecular complexity index is 2470.